The van der Waals surface area contributed by atoms with Crippen molar-refractivity contribution in [1.82, 2.24) is 0 Å². The highest BCUT2D eigenvalue weighted by Gasteiger charge is 2.51. The number of carboxylic acids is 1. The van der Waals surface area contributed by atoms with E-state index in [1.165, 1.54) is 0 Å². The Balaban J connectivity index is 3.05. The average Bonchev–Trinajstić information content (AvgIpc) is 2.20. The molecule has 5 atom stereocenters. The lowest BCUT2D eigenvalue weighted by molar-refractivity contribution is -0.254. The van der Waals surface area contributed by atoms with E-state index in [4.69, 9.17) is 9.47 Å². The average molecular weight is 288 g/mol. The molecule has 0 bridgehead atoms. The normalized spacial score (nSPS) is 35.9. The van der Waals surface area contributed by atoms with Crippen LogP contribution in [0.5, 0.6) is 0 Å². The Morgan fingerprint density at radius 1 is 1.15 bits per heavy atom. The molecule has 2 N–H and O–H groups in total. The first-order valence-electron chi connectivity index (χ1n) is 7.09. The Morgan fingerprint density at radius 3 is 2.00 bits per heavy atom. The highest BCUT2D eigenvalue weighted by molar-refractivity contribution is 5.73. The SMILES string of the molecule is CC1C(O)C(OC(C)(C)C)C(C(=O)O)OC1C(C)(C)C. The van der Waals surface area contributed by atoms with Crippen LogP contribution in [-0.4, -0.2) is 46.2 Å². The van der Waals surface area contributed by atoms with Crippen molar-refractivity contribution in [2.24, 2.45) is 11.3 Å². The number of rotatable bonds is 2. The summed E-state index contributed by atoms with van der Waals surface area (Å²) in [5.41, 5.74) is -0.794. The van der Waals surface area contributed by atoms with Gasteiger partial charge in [0.2, 0.25) is 0 Å². The molecule has 5 heteroatoms. The second-order valence-electron chi connectivity index (χ2n) is 7.73. The van der Waals surface area contributed by atoms with E-state index in [0.29, 0.717) is 0 Å². The maximum Gasteiger partial charge on any atom is 0.335 e. The molecule has 1 fully saturated rings. The van der Waals surface area contributed by atoms with Gasteiger partial charge in [-0.2, -0.15) is 0 Å². The van der Waals surface area contributed by atoms with Crippen molar-refractivity contribution >= 4 is 5.97 Å². The Labute approximate surface area is 121 Å². The van der Waals surface area contributed by atoms with Crippen LogP contribution in [0.2, 0.25) is 0 Å². The van der Waals surface area contributed by atoms with Gasteiger partial charge in [0.05, 0.1) is 17.8 Å². The van der Waals surface area contributed by atoms with Gasteiger partial charge in [0.15, 0.2) is 6.10 Å². The Bertz CT molecular complexity index is 352. The van der Waals surface area contributed by atoms with Gasteiger partial charge >= 0.3 is 5.97 Å². The first-order valence-corrected chi connectivity index (χ1v) is 7.09. The van der Waals surface area contributed by atoms with Crippen LogP contribution in [0.4, 0.5) is 0 Å². The fourth-order valence-electron chi connectivity index (χ4n) is 2.75. The van der Waals surface area contributed by atoms with Crippen LogP contribution < -0.4 is 0 Å². The van der Waals surface area contributed by atoms with E-state index in [1.54, 1.807) is 0 Å². The number of hydrogen-bond donors (Lipinski definition) is 2. The molecule has 1 heterocycles. The van der Waals surface area contributed by atoms with Gasteiger partial charge in [-0.15, -0.1) is 0 Å². The lowest BCUT2D eigenvalue weighted by Crippen LogP contribution is -2.61. The van der Waals surface area contributed by atoms with E-state index in [0.717, 1.165) is 0 Å². The van der Waals surface area contributed by atoms with Crippen LogP contribution in [0, 0.1) is 11.3 Å². The molecule has 0 saturated carbocycles. The number of aliphatic hydroxyl groups excluding tert-OH is 1. The van der Waals surface area contributed by atoms with Crippen molar-refractivity contribution in [1.29, 1.82) is 0 Å². The van der Waals surface area contributed by atoms with E-state index in [2.05, 4.69) is 0 Å². The molecule has 118 valence electrons. The molecule has 1 aliphatic rings. The van der Waals surface area contributed by atoms with Gasteiger partial charge in [0.1, 0.15) is 6.10 Å². The number of carboxylic acid groups (broad SMARTS) is 1. The monoisotopic (exact) mass is 288 g/mol. The van der Waals surface area contributed by atoms with Crippen molar-refractivity contribution in [3.8, 4) is 0 Å². The highest BCUT2D eigenvalue weighted by atomic mass is 16.6. The lowest BCUT2D eigenvalue weighted by Gasteiger charge is -2.48. The van der Waals surface area contributed by atoms with Crippen molar-refractivity contribution in [2.75, 3.05) is 0 Å². The van der Waals surface area contributed by atoms with Crippen molar-refractivity contribution in [3.63, 3.8) is 0 Å². The fourth-order valence-corrected chi connectivity index (χ4v) is 2.75. The molecular weight excluding hydrogens is 260 g/mol. The van der Waals surface area contributed by atoms with Crippen molar-refractivity contribution in [3.05, 3.63) is 0 Å². The molecule has 0 aromatic heterocycles. The van der Waals surface area contributed by atoms with Crippen LogP contribution >= 0.6 is 0 Å². The van der Waals surface area contributed by atoms with E-state index in [1.807, 2.05) is 48.5 Å². The van der Waals surface area contributed by atoms with E-state index >= 15 is 0 Å². The largest absolute Gasteiger partial charge is 0.479 e. The smallest absolute Gasteiger partial charge is 0.335 e. The summed E-state index contributed by atoms with van der Waals surface area (Å²) in [6, 6.07) is 0. The van der Waals surface area contributed by atoms with Gasteiger partial charge in [-0.05, 0) is 26.2 Å². The lowest BCUT2D eigenvalue weighted by atomic mass is 9.75. The zero-order valence-corrected chi connectivity index (χ0v) is 13.5. The summed E-state index contributed by atoms with van der Waals surface area (Å²) in [6.07, 6.45) is -3.21. The van der Waals surface area contributed by atoms with Crippen LogP contribution in [0.3, 0.4) is 0 Å². The minimum Gasteiger partial charge on any atom is -0.479 e. The fraction of sp³-hybridized carbons (Fsp3) is 0.933. The van der Waals surface area contributed by atoms with E-state index < -0.39 is 29.9 Å². The number of aliphatic carboxylic acids is 1. The molecule has 0 aromatic rings. The molecule has 1 saturated heterocycles. The number of hydrogen-bond acceptors (Lipinski definition) is 4. The summed E-state index contributed by atoms with van der Waals surface area (Å²) in [5.74, 6) is -1.29. The Hall–Kier alpha value is -0.650. The highest BCUT2D eigenvalue weighted by Crippen LogP contribution is 2.38. The number of carbonyl (C=O) groups is 1. The number of ether oxygens (including phenoxy) is 2. The van der Waals surface area contributed by atoms with E-state index in [9.17, 15) is 15.0 Å². The molecule has 5 unspecified atom stereocenters. The van der Waals surface area contributed by atoms with Gasteiger partial charge < -0.3 is 19.7 Å². The van der Waals surface area contributed by atoms with Crippen LogP contribution in [0.15, 0.2) is 0 Å². The summed E-state index contributed by atoms with van der Waals surface area (Å²) in [6.45, 7) is 13.3. The second kappa shape index (κ2) is 5.62. The summed E-state index contributed by atoms with van der Waals surface area (Å²) in [5, 5.41) is 19.9. The zero-order valence-electron chi connectivity index (χ0n) is 13.5. The third-order valence-electron chi connectivity index (χ3n) is 3.53. The third kappa shape index (κ3) is 3.93. The summed E-state index contributed by atoms with van der Waals surface area (Å²) in [4.78, 5) is 11.5. The molecule has 0 aliphatic carbocycles. The molecule has 1 rings (SSSR count). The van der Waals surface area contributed by atoms with Crippen LogP contribution in [-0.2, 0) is 14.3 Å². The Morgan fingerprint density at radius 2 is 1.65 bits per heavy atom. The first kappa shape index (κ1) is 17.4. The minimum atomic E-state index is -1.15. The molecule has 0 spiro atoms. The topological polar surface area (TPSA) is 76.0 Å². The standard InChI is InChI=1S/C15H28O5/c1-8-9(16)10(20-15(5,6)7)11(13(17)18)19-12(8)14(2,3)4/h8-12,16H,1-7H3,(H,17,18). The van der Waals surface area contributed by atoms with Gasteiger partial charge in [-0.3, -0.25) is 0 Å². The van der Waals surface area contributed by atoms with Gasteiger partial charge in [0.25, 0.3) is 0 Å². The van der Waals surface area contributed by atoms with Crippen molar-refractivity contribution < 1.29 is 24.5 Å². The predicted octanol–water partition coefficient (Wildman–Crippen LogP) is 2.07. The van der Waals surface area contributed by atoms with Crippen LogP contribution in [0.25, 0.3) is 0 Å². The van der Waals surface area contributed by atoms with Gasteiger partial charge in [-0.1, -0.05) is 27.7 Å². The van der Waals surface area contributed by atoms with Crippen LogP contribution in [0.1, 0.15) is 48.5 Å². The molecule has 0 amide bonds. The predicted molar refractivity (Wildman–Crippen MR) is 75.5 cm³/mol. The van der Waals surface area contributed by atoms with Gasteiger partial charge in [0, 0.05) is 5.92 Å². The molecule has 0 radical (unpaired) electrons. The Kier molecular flexibility index (Phi) is 4.89. The molecule has 20 heavy (non-hydrogen) atoms. The first-order chi connectivity index (χ1) is 8.84. The maximum absolute atomic E-state index is 11.5. The maximum atomic E-state index is 11.5. The molecule has 0 aromatic carbocycles. The quantitative estimate of drug-likeness (QED) is 0.813. The molecular formula is C15H28O5. The van der Waals surface area contributed by atoms with Crippen molar-refractivity contribution in [2.45, 2.75) is 78.5 Å². The molecule has 1 aliphatic heterocycles. The summed E-state index contributed by atoms with van der Waals surface area (Å²) < 4.78 is 11.5. The summed E-state index contributed by atoms with van der Waals surface area (Å²) in [7, 11) is 0. The number of aliphatic hydroxyl groups is 1. The zero-order chi connectivity index (χ0) is 15.9. The van der Waals surface area contributed by atoms with Gasteiger partial charge in [-0.25, -0.2) is 4.79 Å². The minimum absolute atomic E-state index is 0.196. The van der Waals surface area contributed by atoms with E-state index in [-0.39, 0.29) is 17.4 Å². The molecule has 5 nitrogen and oxygen atoms in total. The summed E-state index contributed by atoms with van der Waals surface area (Å²) >= 11 is 0. The second-order valence-corrected chi connectivity index (χ2v) is 7.73. The third-order valence-corrected chi connectivity index (χ3v) is 3.53.